The molecule has 0 radical (unpaired) electrons. The molecule has 0 aliphatic rings. The number of aliphatic hydroxyl groups excluding tert-OH is 1. The van der Waals surface area contributed by atoms with Crippen molar-refractivity contribution in [1.82, 2.24) is 4.72 Å². The van der Waals surface area contributed by atoms with Gasteiger partial charge < -0.3 is 9.52 Å². The molecule has 120 valence electrons. The van der Waals surface area contributed by atoms with Crippen LogP contribution >= 0.6 is 11.3 Å². The summed E-state index contributed by atoms with van der Waals surface area (Å²) in [5.74, 6) is 0.740. The third-order valence-corrected chi connectivity index (χ3v) is 6.15. The van der Waals surface area contributed by atoms with E-state index in [0.717, 1.165) is 22.7 Å². The highest BCUT2D eigenvalue weighted by molar-refractivity contribution is 7.91. The molecular weight excluding hydrogens is 334 g/mol. The van der Waals surface area contributed by atoms with E-state index in [1.54, 1.807) is 35.9 Å². The van der Waals surface area contributed by atoms with Crippen molar-refractivity contribution >= 4 is 21.4 Å². The molecule has 3 rings (SSSR count). The zero-order chi connectivity index (χ0) is 16.3. The summed E-state index contributed by atoms with van der Waals surface area (Å²) >= 11 is 1.14. The van der Waals surface area contributed by atoms with Gasteiger partial charge in [0.2, 0.25) is 10.0 Å². The Labute approximate surface area is 138 Å². The lowest BCUT2D eigenvalue weighted by atomic mass is 10.1. The number of furan rings is 1. The lowest BCUT2D eigenvalue weighted by molar-refractivity contribution is 0.182. The minimum absolute atomic E-state index is 0.0830. The standard InChI is InChI=1S/C16H15NO4S2/c18-14(11-17-23(19,20)16-4-2-10-22-16)12-5-7-13(8-6-12)15-3-1-9-21-15/h1-10,14,17-18H,11H2/t14-/m1/s1. The number of sulfonamides is 1. The first-order valence-electron chi connectivity index (χ1n) is 6.91. The van der Waals surface area contributed by atoms with Crippen molar-refractivity contribution < 1.29 is 17.9 Å². The zero-order valence-electron chi connectivity index (χ0n) is 12.0. The first-order valence-corrected chi connectivity index (χ1v) is 9.27. The molecule has 3 aromatic rings. The van der Waals surface area contributed by atoms with Crippen LogP contribution in [0.4, 0.5) is 0 Å². The van der Waals surface area contributed by atoms with E-state index in [1.807, 2.05) is 18.2 Å². The first-order chi connectivity index (χ1) is 11.1. The Kier molecular flexibility index (Phi) is 4.63. The summed E-state index contributed by atoms with van der Waals surface area (Å²) < 4.78 is 32.0. The van der Waals surface area contributed by atoms with Crippen LogP contribution < -0.4 is 4.72 Å². The summed E-state index contributed by atoms with van der Waals surface area (Å²) in [7, 11) is -3.57. The Morgan fingerprint density at radius 2 is 1.91 bits per heavy atom. The van der Waals surface area contributed by atoms with Gasteiger partial charge in [-0.3, -0.25) is 0 Å². The molecule has 0 unspecified atom stereocenters. The Bertz CT molecular complexity index is 838. The molecule has 7 heteroatoms. The van der Waals surface area contributed by atoms with Gasteiger partial charge in [0.1, 0.15) is 9.97 Å². The predicted octanol–water partition coefficient (Wildman–Crippen LogP) is 3.02. The van der Waals surface area contributed by atoms with Crippen molar-refractivity contribution in [2.45, 2.75) is 10.3 Å². The van der Waals surface area contributed by atoms with Gasteiger partial charge in [-0.25, -0.2) is 13.1 Å². The summed E-state index contributed by atoms with van der Waals surface area (Å²) in [6.45, 7) is -0.0830. The van der Waals surface area contributed by atoms with Crippen LogP contribution in [0.5, 0.6) is 0 Å². The Morgan fingerprint density at radius 1 is 1.13 bits per heavy atom. The fourth-order valence-electron chi connectivity index (χ4n) is 2.11. The van der Waals surface area contributed by atoms with Crippen LogP contribution in [-0.4, -0.2) is 20.1 Å². The van der Waals surface area contributed by atoms with Crippen LogP contribution in [0, 0.1) is 0 Å². The zero-order valence-corrected chi connectivity index (χ0v) is 13.7. The minimum Gasteiger partial charge on any atom is -0.464 e. The van der Waals surface area contributed by atoms with Gasteiger partial charge in [-0.2, -0.15) is 0 Å². The maximum Gasteiger partial charge on any atom is 0.250 e. The number of hydrogen-bond acceptors (Lipinski definition) is 5. The van der Waals surface area contributed by atoms with E-state index in [4.69, 9.17) is 4.42 Å². The van der Waals surface area contributed by atoms with Crippen molar-refractivity contribution in [2.75, 3.05) is 6.54 Å². The maximum absolute atomic E-state index is 12.0. The summed E-state index contributed by atoms with van der Waals surface area (Å²) in [5, 5.41) is 11.8. The van der Waals surface area contributed by atoms with Crippen molar-refractivity contribution in [3.63, 3.8) is 0 Å². The van der Waals surface area contributed by atoms with E-state index < -0.39 is 16.1 Å². The summed E-state index contributed by atoms with van der Waals surface area (Å²) in [4.78, 5) is 0. The Balaban J connectivity index is 1.66. The molecule has 0 aliphatic carbocycles. The summed E-state index contributed by atoms with van der Waals surface area (Å²) in [5.41, 5.74) is 1.53. The van der Waals surface area contributed by atoms with E-state index in [9.17, 15) is 13.5 Å². The Morgan fingerprint density at radius 3 is 2.52 bits per heavy atom. The molecule has 5 nitrogen and oxygen atoms in total. The molecule has 1 aromatic carbocycles. The van der Waals surface area contributed by atoms with Gasteiger partial charge in [-0.15, -0.1) is 11.3 Å². The van der Waals surface area contributed by atoms with Gasteiger partial charge in [0, 0.05) is 12.1 Å². The lowest BCUT2D eigenvalue weighted by Gasteiger charge is -2.12. The van der Waals surface area contributed by atoms with Gasteiger partial charge >= 0.3 is 0 Å². The van der Waals surface area contributed by atoms with E-state index in [-0.39, 0.29) is 10.8 Å². The monoisotopic (exact) mass is 349 g/mol. The van der Waals surface area contributed by atoms with E-state index in [1.165, 1.54) is 6.07 Å². The third kappa shape index (κ3) is 3.70. The maximum atomic E-state index is 12.0. The number of aliphatic hydroxyl groups is 1. The van der Waals surface area contributed by atoms with Gasteiger partial charge in [0.25, 0.3) is 0 Å². The highest BCUT2D eigenvalue weighted by Gasteiger charge is 2.17. The van der Waals surface area contributed by atoms with Crippen LogP contribution in [0.25, 0.3) is 11.3 Å². The number of benzene rings is 1. The predicted molar refractivity (Wildman–Crippen MR) is 88.6 cm³/mol. The molecule has 0 bridgehead atoms. The molecule has 0 saturated carbocycles. The Hall–Kier alpha value is -1.93. The second-order valence-corrected chi connectivity index (χ2v) is 7.84. The number of rotatable bonds is 6. The van der Waals surface area contributed by atoms with Gasteiger partial charge in [0.05, 0.1) is 12.4 Å². The average molecular weight is 349 g/mol. The molecule has 0 amide bonds. The van der Waals surface area contributed by atoms with E-state index in [2.05, 4.69) is 4.72 Å². The van der Waals surface area contributed by atoms with E-state index in [0.29, 0.717) is 5.56 Å². The number of nitrogens with one attached hydrogen (secondary N) is 1. The van der Waals surface area contributed by atoms with Gasteiger partial charge in [-0.05, 0) is 29.1 Å². The fraction of sp³-hybridized carbons (Fsp3) is 0.125. The van der Waals surface area contributed by atoms with Crippen LogP contribution in [0.15, 0.2) is 68.8 Å². The second kappa shape index (κ2) is 6.67. The fourth-order valence-corrected chi connectivity index (χ4v) is 4.18. The quantitative estimate of drug-likeness (QED) is 0.717. The topological polar surface area (TPSA) is 79.5 Å². The van der Waals surface area contributed by atoms with Crippen LogP contribution in [-0.2, 0) is 10.0 Å². The van der Waals surface area contributed by atoms with Crippen LogP contribution in [0.1, 0.15) is 11.7 Å². The van der Waals surface area contributed by atoms with Crippen molar-refractivity contribution in [3.8, 4) is 11.3 Å². The normalized spacial score (nSPS) is 13.1. The number of thiophene rings is 1. The lowest BCUT2D eigenvalue weighted by Crippen LogP contribution is -2.27. The largest absolute Gasteiger partial charge is 0.464 e. The smallest absolute Gasteiger partial charge is 0.250 e. The van der Waals surface area contributed by atoms with Crippen LogP contribution in [0.2, 0.25) is 0 Å². The average Bonchev–Trinajstić information content (AvgIpc) is 3.26. The highest BCUT2D eigenvalue weighted by Crippen LogP contribution is 2.22. The molecule has 2 aromatic heterocycles. The molecule has 1 atom stereocenters. The molecule has 0 aliphatic heterocycles. The number of hydrogen-bond donors (Lipinski definition) is 2. The molecule has 0 fully saturated rings. The van der Waals surface area contributed by atoms with Gasteiger partial charge in [-0.1, -0.05) is 30.3 Å². The SMILES string of the molecule is O=S(=O)(NC[C@@H](O)c1ccc(-c2ccco2)cc1)c1cccs1. The van der Waals surface area contributed by atoms with Crippen LogP contribution in [0.3, 0.4) is 0 Å². The highest BCUT2D eigenvalue weighted by atomic mass is 32.2. The minimum atomic E-state index is -3.57. The third-order valence-electron chi connectivity index (χ3n) is 3.33. The summed E-state index contributed by atoms with van der Waals surface area (Å²) in [6.07, 6.45) is 0.674. The molecule has 2 heterocycles. The van der Waals surface area contributed by atoms with Crippen molar-refractivity contribution in [3.05, 3.63) is 65.7 Å². The molecule has 0 spiro atoms. The van der Waals surface area contributed by atoms with Crippen molar-refractivity contribution in [1.29, 1.82) is 0 Å². The molecule has 23 heavy (non-hydrogen) atoms. The van der Waals surface area contributed by atoms with E-state index >= 15 is 0 Å². The van der Waals surface area contributed by atoms with Crippen molar-refractivity contribution in [2.24, 2.45) is 0 Å². The second-order valence-electron chi connectivity index (χ2n) is 4.90. The first kappa shape index (κ1) is 15.9. The molecular formula is C16H15NO4S2. The molecule has 2 N–H and O–H groups in total. The van der Waals surface area contributed by atoms with Gasteiger partial charge in [0.15, 0.2) is 0 Å². The summed E-state index contributed by atoms with van der Waals surface area (Å²) in [6, 6.07) is 14.0. The molecule has 0 saturated heterocycles.